The lowest BCUT2D eigenvalue weighted by Crippen LogP contribution is -2.46. The third-order valence-corrected chi connectivity index (χ3v) is 6.90. The smallest absolute Gasteiger partial charge is 0.230 e. The molecule has 9 heteroatoms. The summed E-state index contributed by atoms with van der Waals surface area (Å²) in [5.74, 6) is -3.16. The Kier molecular flexibility index (Phi) is 5.50. The summed E-state index contributed by atoms with van der Waals surface area (Å²) in [6.45, 7) is 4.36. The molecule has 1 saturated heterocycles. The van der Waals surface area contributed by atoms with E-state index < -0.39 is 23.4 Å². The monoisotopic (exact) mass is 467 g/mol. The van der Waals surface area contributed by atoms with E-state index in [1.54, 1.807) is 23.4 Å². The first kappa shape index (κ1) is 22.3. The zero-order chi connectivity index (χ0) is 24.0. The van der Waals surface area contributed by atoms with Gasteiger partial charge in [-0.2, -0.15) is 0 Å². The SMILES string of the molecule is Cc1nc2c(cc1-c1ncccn1)CC[C@@]1(CCN(C(=O)[C@@H](C)c3cc(F)c(F)cc3F)C1)N2. The second kappa shape index (κ2) is 8.38. The maximum Gasteiger partial charge on any atom is 0.230 e. The average molecular weight is 467 g/mol. The van der Waals surface area contributed by atoms with Crippen LogP contribution in [0.4, 0.5) is 19.0 Å². The van der Waals surface area contributed by atoms with Gasteiger partial charge in [-0.05, 0) is 56.9 Å². The zero-order valence-corrected chi connectivity index (χ0v) is 18.9. The molecule has 176 valence electrons. The molecule has 1 N–H and O–H groups in total. The second-order valence-electron chi connectivity index (χ2n) is 9.13. The Hall–Kier alpha value is -3.49. The van der Waals surface area contributed by atoms with Crippen molar-refractivity contribution in [2.45, 2.75) is 44.6 Å². The van der Waals surface area contributed by atoms with Gasteiger partial charge in [0.05, 0.1) is 17.2 Å². The van der Waals surface area contributed by atoms with Gasteiger partial charge < -0.3 is 10.2 Å². The number of pyridine rings is 1. The number of hydrogen-bond donors (Lipinski definition) is 1. The highest BCUT2D eigenvalue weighted by molar-refractivity contribution is 5.84. The lowest BCUT2D eigenvalue weighted by atomic mass is 9.86. The number of carbonyl (C=O) groups excluding carboxylic acids is 1. The van der Waals surface area contributed by atoms with E-state index in [0.29, 0.717) is 25.0 Å². The number of rotatable bonds is 3. The summed E-state index contributed by atoms with van der Waals surface area (Å²) >= 11 is 0. The zero-order valence-electron chi connectivity index (χ0n) is 18.9. The van der Waals surface area contributed by atoms with E-state index >= 15 is 0 Å². The van der Waals surface area contributed by atoms with Gasteiger partial charge in [0.2, 0.25) is 5.91 Å². The van der Waals surface area contributed by atoms with Crippen molar-refractivity contribution in [3.05, 3.63) is 70.9 Å². The minimum absolute atomic E-state index is 0.139. The van der Waals surface area contributed by atoms with Gasteiger partial charge >= 0.3 is 0 Å². The first-order valence-corrected chi connectivity index (χ1v) is 11.3. The van der Waals surface area contributed by atoms with Crippen LogP contribution in [0.2, 0.25) is 0 Å². The van der Waals surface area contributed by atoms with Crippen molar-refractivity contribution in [1.82, 2.24) is 19.9 Å². The molecular weight excluding hydrogens is 443 g/mol. The third kappa shape index (κ3) is 3.89. The summed E-state index contributed by atoms with van der Waals surface area (Å²) < 4.78 is 41.2. The van der Waals surface area contributed by atoms with E-state index in [1.807, 2.05) is 6.92 Å². The van der Waals surface area contributed by atoms with Gasteiger partial charge in [-0.3, -0.25) is 4.79 Å². The Bertz CT molecular complexity index is 1270. The Morgan fingerprint density at radius 2 is 1.82 bits per heavy atom. The van der Waals surface area contributed by atoms with Crippen molar-refractivity contribution < 1.29 is 18.0 Å². The van der Waals surface area contributed by atoms with Crippen LogP contribution >= 0.6 is 0 Å². The number of carbonyl (C=O) groups is 1. The van der Waals surface area contributed by atoms with Crippen LogP contribution in [0.5, 0.6) is 0 Å². The Morgan fingerprint density at radius 1 is 1.09 bits per heavy atom. The number of halogens is 3. The maximum absolute atomic E-state index is 14.2. The van der Waals surface area contributed by atoms with E-state index in [1.165, 1.54) is 6.92 Å². The molecule has 0 unspecified atom stereocenters. The highest BCUT2D eigenvalue weighted by Crippen LogP contribution is 2.38. The highest BCUT2D eigenvalue weighted by Gasteiger charge is 2.43. The van der Waals surface area contributed by atoms with Crippen molar-refractivity contribution in [3.8, 4) is 11.4 Å². The number of nitrogens with one attached hydrogen (secondary N) is 1. The van der Waals surface area contributed by atoms with Crippen LogP contribution in [-0.2, 0) is 11.2 Å². The molecule has 1 amide bonds. The molecule has 0 saturated carbocycles. The van der Waals surface area contributed by atoms with Crippen molar-refractivity contribution in [2.24, 2.45) is 0 Å². The number of fused-ring (bicyclic) bond motifs is 1. The molecule has 1 aromatic carbocycles. The Morgan fingerprint density at radius 3 is 2.59 bits per heavy atom. The fourth-order valence-electron chi connectivity index (χ4n) is 4.94. The molecule has 0 aliphatic carbocycles. The summed E-state index contributed by atoms with van der Waals surface area (Å²) in [4.78, 5) is 28.2. The summed E-state index contributed by atoms with van der Waals surface area (Å²) in [6.07, 6.45) is 5.70. The van der Waals surface area contributed by atoms with E-state index in [2.05, 4.69) is 21.4 Å². The number of aromatic nitrogens is 3. The number of benzene rings is 1. The summed E-state index contributed by atoms with van der Waals surface area (Å²) in [5.41, 5.74) is 2.30. The fraction of sp³-hybridized carbons (Fsp3) is 0.360. The van der Waals surface area contributed by atoms with Gasteiger partial charge in [0.1, 0.15) is 11.6 Å². The predicted molar refractivity (Wildman–Crippen MR) is 121 cm³/mol. The highest BCUT2D eigenvalue weighted by atomic mass is 19.2. The van der Waals surface area contributed by atoms with Crippen LogP contribution in [0.15, 0.2) is 36.7 Å². The van der Waals surface area contributed by atoms with E-state index in [-0.39, 0.29) is 17.0 Å². The first-order chi connectivity index (χ1) is 16.3. The molecule has 1 spiro atoms. The number of anilines is 1. The minimum atomic E-state index is -1.27. The molecule has 0 bridgehead atoms. The lowest BCUT2D eigenvalue weighted by Gasteiger charge is -2.36. The average Bonchev–Trinajstić information content (AvgIpc) is 3.23. The lowest BCUT2D eigenvalue weighted by molar-refractivity contribution is -0.131. The Balaban J connectivity index is 1.34. The molecule has 1 fully saturated rings. The molecule has 5 rings (SSSR count). The molecule has 2 aliphatic rings. The van der Waals surface area contributed by atoms with Crippen molar-refractivity contribution in [3.63, 3.8) is 0 Å². The first-order valence-electron chi connectivity index (χ1n) is 11.3. The van der Waals surface area contributed by atoms with Gasteiger partial charge in [-0.1, -0.05) is 0 Å². The molecule has 0 radical (unpaired) electrons. The maximum atomic E-state index is 14.2. The van der Waals surface area contributed by atoms with Crippen molar-refractivity contribution in [2.75, 3.05) is 18.4 Å². The number of aryl methyl sites for hydroxylation is 2. The fourth-order valence-corrected chi connectivity index (χ4v) is 4.94. The molecule has 2 aromatic heterocycles. The molecular formula is C25H24F3N5O. The molecule has 6 nitrogen and oxygen atoms in total. The number of nitrogens with zero attached hydrogens (tertiary/aromatic N) is 4. The Labute approximate surface area is 195 Å². The largest absolute Gasteiger partial charge is 0.363 e. The summed E-state index contributed by atoms with van der Waals surface area (Å²) in [5, 5.41) is 3.55. The van der Waals surface area contributed by atoms with Crippen LogP contribution in [0.3, 0.4) is 0 Å². The van der Waals surface area contributed by atoms with Crippen LogP contribution < -0.4 is 5.32 Å². The van der Waals surface area contributed by atoms with Gasteiger partial charge in [-0.15, -0.1) is 0 Å². The number of hydrogen-bond acceptors (Lipinski definition) is 5. The van der Waals surface area contributed by atoms with E-state index in [4.69, 9.17) is 4.98 Å². The van der Waals surface area contributed by atoms with Gasteiger partial charge in [0, 0.05) is 42.7 Å². The molecule has 2 aliphatic heterocycles. The topological polar surface area (TPSA) is 71.0 Å². The van der Waals surface area contributed by atoms with E-state index in [9.17, 15) is 18.0 Å². The van der Waals surface area contributed by atoms with Crippen LogP contribution in [0, 0.1) is 24.4 Å². The standard InChI is InChI=1S/C25H24F3N5O/c1-14(17-11-20(27)21(28)12-19(17)26)24(34)33-9-6-25(13-33)5-4-16-10-18(15(2)31-22(16)32-25)23-29-7-3-8-30-23/h3,7-8,10-12,14H,4-6,9,13H2,1-2H3,(H,31,32)/t14-,25-/m0/s1. The summed E-state index contributed by atoms with van der Waals surface area (Å²) in [7, 11) is 0. The van der Waals surface area contributed by atoms with Crippen LogP contribution in [0.25, 0.3) is 11.4 Å². The second-order valence-corrected chi connectivity index (χ2v) is 9.13. The van der Waals surface area contributed by atoms with E-state index in [0.717, 1.165) is 48.0 Å². The molecule has 4 heterocycles. The van der Waals surface area contributed by atoms with Gasteiger partial charge in [0.25, 0.3) is 0 Å². The predicted octanol–water partition coefficient (Wildman–Crippen LogP) is 4.40. The normalized spacial score (nSPS) is 20.2. The number of likely N-dealkylation sites (tertiary alicyclic amines) is 1. The molecule has 34 heavy (non-hydrogen) atoms. The van der Waals surface area contributed by atoms with Crippen molar-refractivity contribution in [1.29, 1.82) is 0 Å². The number of amides is 1. The van der Waals surface area contributed by atoms with Crippen LogP contribution in [0.1, 0.15) is 42.5 Å². The van der Waals surface area contributed by atoms with Crippen LogP contribution in [-0.4, -0.2) is 44.4 Å². The minimum Gasteiger partial charge on any atom is -0.363 e. The van der Waals surface area contributed by atoms with Gasteiger partial charge in [-0.25, -0.2) is 28.1 Å². The van der Waals surface area contributed by atoms with Gasteiger partial charge in [0.15, 0.2) is 17.5 Å². The summed E-state index contributed by atoms with van der Waals surface area (Å²) in [6, 6.07) is 5.10. The molecule has 2 atom stereocenters. The quantitative estimate of drug-likeness (QED) is 0.579. The van der Waals surface area contributed by atoms with Crippen molar-refractivity contribution >= 4 is 11.7 Å². The third-order valence-electron chi connectivity index (χ3n) is 6.90. The molecule has 3 aromatic rings.